The summed E-state index contributed by atoms with van der Waals surface area (Å²) in [6.45, 7) is 1.48. The van der Waals surface area contributed by atoms with Gasteiger partial charge in [0.2, 0.25) is 17.7 Å². The Hall–Kier alpha value is -4.03. The number of nitrogens with one attached hydrogen (secondary N) is 4. The van der Waals surface area contributed by atoms with Gasteiger partial charge >= 0.3 is 5.97 Å². The molecule has 1 aromatic heterocycles. The van der Waals surface area contributed by atoms with Gasteiger partial charge in [0.25, 0.3) is 0 Å². The highest BCUT2D eigenvalue weighted by Gasteiger charge is 2.30. The molecule has 40 heavy (non-hydrogen) atoms. The first-order valence-electron chi connectivity index (χ1n) is 12.8. The number of para-hydroxylation sites is 1. The minimum Gasteiger partial charge on any atom is -0.508 e. The standard InChI is InChI=1S/C28H35N5O6S/c1-16(29)25(35)32-23(13-17-7-9-19(34)10-8-17)26(36)33-24(27(37)31-22(28(38)39)11-12-40-2)14-18-15-30-21-6-4-3-5-20(18)21/h3-10,15-16,22-24,30,34H,11-14,29H2,1-2H3,(H,31,37)(H,32,35)(H,33,36)(H,38,39). The number of phenolic OH excluding ortho intramolecular Hbond substituents is 1. The predicted molar refractivity (Wildman–Crippen MR) is 154 cm³/mol. The van der Waals surface area contributed by atoms with Crippen LogP contribution in [0.2, 0.25) is 0 Å². The summed E-state index contributed by atoms with van der Waals surface area (Å²) >= 11 is 1.46. The highest BCUT2D eigenvalue weighted by atomic mass is 32.2. The van der Waals surface area contributed by atoms with Crippen molar-refractivity contribution in [3.05, 3.63) is 65.9 Å². The van der Waals surface area contributed by atoms with Crippen LogP contribution in [0, 0.1) is 0 Å². The van der Waals surface area contributed by atoms with Gasteiger partial charge in [0.05, 0.1) is 6.04 Å². The fourth-order valence-electron chi connectivity index (χ4n) is 4.15. The molecule has 11 nitrogen and oxygen atoms in total. The minimum absolute atomic E-state index is 0.0503. The van der Waals surface area contributed by atoms with Crippen molar-refractivity contribution < 1.29 is 29.4 Å². The van der Waals surface area contributed by atoms with Gasteiger partial charge in [-0.25, -0.2) is 4.79 Å². The number of H-pyrrole nitrogens is 1. The molecule has 1 heterocycles. The van der Waals surface area contributed by atoms with E-state index in [1.807, 2.05) is 30.5 Å². The summed E-state index contributed by atoms with van der Waals surface area (Å²) < 4.78 is 0. The molecule has 4 atom stereocenters. The molecule has 8 N–H and O–H groups in total. The third-order valence-corrected chi connectivity index (χ3v) is 7.02. The lowest BCUT2D eigenvalue weighted by Crippen LogP contribution is -2.58. The van der Waals surface area contributed by atoms with Crippen LogP contribution in [0.1, 0.15) is 24.5 Å². The van der Waals surface area contributed by atoms with Crippen molar-refractivity contribution in [2.24, 2.45) is 5.73 Å². The number of carboxylic acids is 1. The van der Waals surface area contributed by atoms with E-state index < -0.39 is 47.9 Å². The Balaban J connectivity index is 1.89. The molecule has 0 aliphatic rings. The maximum Gasteiger partial charge on any atom is 0.326 e. The zero-order valence-electron chi connectivity index (χ0n) is 22.3. The summed E-state index contributed by atoms with van der Waals surface area (Å²) in [5.74, 6) is -2.45. The number of aromatic nitrogens is 1. The van der Waals surface area contributed by atoms with E-state index >= 15 is 0 Å². The van der Waals surface area contributed by atoms with Crippen LogP contribution in [0.4, 0.5) is 0 Å². The van der Waals surface area contributed by atoms with Crippen molar-refractivity contribution in [2.75, 3.05) is 12.0 Å². The second-order valence-corrected chi connectivity index (χ2v) is 10.5. The molecule has 2 aromatic carbocycles. The second kappa shape index (κ2) is 14.4. The number of hydrogen-bond donors (Lipinski definition) is 7. The van der Waals surface area contributed by atoms with Gasteiger partial charge in [-0.05, 0) is 54.7 Å². The van der Waals surface area contributed by atoms with E-state index in [9.17, 15) is 29.4 Å². The van der Waals surface area contributed by atoms with E-state index in [-0.39, 0.29) is 25.0 Å². The number of thioether (sulfide) groups is 1. The first-order chi connectivity index (χ1) is 19.1. The Bertz CT molecular complexity index is 1330. The molecule has 0 fully saturated rings. The fourth-order valence-corrected chi connectivity index (χ4v) is 4.62. The van der Waals surface area contributed by atoms with Gasteiger partial charge in [0.15, 0.2) is 0 Å². The van der Waals surface area contributed by atoms with Crippen LogP contribution in [0.5, 0.6) is 5.75 Å². The van der Waals surface area contributed by atoms with Crippen LogP contribution in [-0.2, 0) is 32.0 Å². The van der Waals surface area contributed by atoms with Gasteiger partial charge in [-0.3, -0.25) is 14.4 Å². The number of aliphatic carboxylic acids is 1. The summed E-state index contributed by atoms with van der Waals surface area (Å²) in [4.78, 5) is 54.4. The van der Waals surface area contributed by atoms with E-state index in [0.29, 0.717) is 11.3 Å². The number of carbonyl (C=O) groups is 4. The summed E-state index contributed by atoms with van der Waals surface area (Å²) in [5.41, 5.74) is 7.97. The Kier molecular flexibility index (Phi) is 11.0. The summed E-state index contributed by atoms with van der Waals surface area (Å²) in [7, 11) is 0. The van der Waals surface area contributed by atoms with Crippen molar-refractivity contribution in [2.45, 2.75) is 50.4 Å². The number of carbonyl (C=O) groups excluding carboxylic acids is 3. The Morgan fingerprint density at radius 3 is 2.12 bits per heavy atom. The summed E-state index contributed by atoms with van der Waals surface area (Å²) in [6.07, 6.45) is 3.93. The lowest BCUT2D eigenvalue weighted by molar-refractivity contribution is -0.142. The average Bonchev–Trinajstić information content (AvgIpc) is 3.33. The quantitative estimate of drug-likeness (QED) is 0.151. The lowest BCUT2D eigenvalue weighted by Gasteiger charge is -2.25. The number of carboxylic acid groups (broad SMARTS) is 1. The molecule has 3 aromatic rings. The number of amides is 3. The Labute approximate surface area is 236 Å². The number of hydrogen-bond acceptors (Lipinski definition) is 7. The molecule has 3 amide bonds. The van der Waals surface area contributed by atoms with E-state index in [4.69, 9.17) is 5.73 Å². The molecule has 3 rings (SSSR count). The van der Waals surface area contributed by atoms with E-state index in [2.05, 4.69) is 20.9 Å². The van der Waals surface area contributed by atoms with Crippen LogP contribution in [0.3, 0.4) is 0 Å². The maximum atomic E-state index is 13.5. The molecule has 0 spiro atoms. The van der Waals surface area contributed by atoms with E-state index in [1.165, 1.54) is 30.8 Å². The van der Waals surface area contributed by atoms with E-state index in [0.717, 1.165) is 16.5 Å². The smallest absolute Gasteiger partial charge is 0.326 e. The third-order valence-electron chi connectivity index (χ3n) is 6.38. The highest BCUT2D eigenvalue weighted by Crippen LogP contribution is 2.20. The average molecular weight is 570 g/mol. The maximum absolute atomic E-state index is 13.5. The van der Waals surface area contributed by atoms with Gasteiger partial charge < -0.3 is 36.9 Å². The predicted octanol–water partition coefficient (Wildman–Crippen LogP) is 1.30. The number of fused-ring (bicyclic) bond motifs is 1. The fraction of sp³-hybridized carbons (Fsp3) is 0.357. The highest BCUT2D eigenvalue weighted by molar-refractivity contribution is 7.98. The van der Waals surface area contributed by atoms with Gasteiger partial charge in [0, 0.05) is 29.9 Å². The number of nitrogens with two attached hydrogens (primary N) is 1. The van der Waals surface area contributed by atoms with Crippen molar-refractivity contribution in [3.63, 3.8) is 0 Å². The second-order valence-electron chi connectivity index (χ2n) is 9.53. The van der Waals surface area contributed by atoms with Crippen molar-refractivity contribution in [1.29, 1.82) is 0 Å². The number of aromatic hydroxyl groups is 1. The molecule has 0 saturated heterocycles. The molecule has 0 aliphatic heterocycles. The minimum atomic E-state index is -1.17. The number of phenols is 1. The number of benzene rings is 2. The number of aromatic amines is 1. The van der Waals surface area contributed by atoms with Crippen molar-refractivity contribution in [1.82, 2.24) is 20.9 Å². The molecule has 0 saturated carbocycles. The van der Waals surface area contributed by atoms with Gasteiger partial charge in [-0.2, -0.15) is 11.8 Å². The molecular formula is C28H35N5O6S. The number of rotatable bonds is 14. The van der Waals surface area contributed by atoms with Crippen LogP contribution in [0.25, 0.3) is 10.9 Å². The van der Waals surface area contributed by atoms with Gasteiger partial charge in [-0.1, -0.05) is 30.3 Å². The molecule has 12 heteroatoms. The molecule has 0 bridgehead atoms. The largest absolute Gasteiger partial charge is 0.508 e. The molecule has 4 unspecified atom stereocenters. The molecule has 0 aliphatic carbocycles. The zero-order chi connectivity index (χ0) is 29.2. The first-order valence-corrected chi connectivity index (χ1v) is 14.2. The molecular weight excluding hydrogens is 534 g/mol. The van der Waals surface area contributed by atoms with Crippen LogP contribution < -0.4 is 21.7 Å². The summed E-state index contributed by atoms with van der Waals surface area (Å²) in [5, 5.41) is 28.0. The van der Waals surface area contributed by atoms with Crippen LogP contribution in [0.15, 0.2) is 54.7 Å². The zero-order valence-corrected chi connectivity index (χ0v) is 23.2. The van der Waals surface area contributed by atoms with Gasteiger partial charge in [-0.15, -0.1) is 0 Å². The lowest BCUT2D eigenvalue weighted by atomic mass is 10.0. The first kappa shape index (κ1) is 30.5. The van der Waals surface area contributed by atoms with Crippen LogP contribution >= 0.6 is 11.8 Å². The third kappa shape index (κ3) is 8.48. The summed E-state index contributed by atoms with van der Waals surface area (Å²) in [6, 6.07) is 9.41. The normalized spacial score (nSPS) is 14.1. The topological polar surface area (TPSA) is 187 Å². The van der Waals surface area contributed by atoms with E-state index in [1.54, 1.807) is 18.3 Å². The van der Waals surface area contributed by atoms with Crippen molar-refractivity contribution >= 4 is 46.4 Å². The van der Waals surface area contributed by atoms with Gasteiger partial charge in [0.1, 0.15) is 23.9 Å². The molecule has 0 radical (unpaired) electrons. The monoisotopic (exact) mass is 569 g/mol. The molecule has 214 valence electrons. The Morgan fingerprint density at radius 2 is 1.50 bits per heavy atom. The SMILES string of the molecule is CSCCC(NC(=O)C(Cc1c[nH]c2ccccc12)NC(=O)C(Cc1ccc(O)cc1)NC(=O)C(C)N)C(=O)O. The van der Waals surface area contributed by atoms with Crippen molar-refractivity contribution in [3.8, 4) is 5.75 Å². The Morgan fingerprint density at radius 1 is 0.900 bits per heavy atom. The van der Waals surface area contributed by atoms with Crippen LogP contribution in [-0.4, -0.2) is 75.1 Å².